The molecule has 16 nitrogen and oxygen atoms in total. The summed E-state index contributed by atoms with van der Waals surface area (Å²) in [6.07, 6.45) is -22.3. The molecule has 0 unspecified atom stereocenters. The monoisotopic (exact) mass is 503 g/mol. The number of aliphatic hydroxyl groups is 10. The second kappa shape index (κ2) is 11.6. The molecule has 3 heterocycles. The van der Waals surface area contributed by atoms with Crippen LogP contribution in [-0.4, -0.2) is 163 Å². The minimum atomic E-state index is -1.87. The van der Waals surface area contributed by atoms with Crippen LogP contribution in [0.2, 0.25) is 0 Å². The minimum Gasteiger partial charge on any atom is -0.394 e. The van der Waals surface area contributed by atoms with Gasteiger partial charge in [0.25, 0.3) is 0 Å². The number of nitrogens with two attached hydrogens (primary N) is 1. The molecule has 3 aliphatic rings. The summed E-state index contributed by atoms with van der Waals surface area (Å²) in [5.41, 5.74) is 5.81. The molecule has 0 amide bonds. The van der Waals surface area contributed by atoms with Gasteiger partial charge < -0.3 is 80.5 Å². The van der Waals surface area contributed by atoms with Crippen molar-refractivity contribution in [3.8, 4) is 0 Å². The van der Waals surface area contributed by atoms with Crippen LogP contribution in [0.25, 0.3) is 0 Å². The summed E-state index contributed by atoms with van der Waals surface area (Å²) < 4.78 is 26.7. The second-order valence-corrected chi connectivity index (χ2v) is 8.42. The number of aliphatic hydroxyl groups excluding tert-OH is 10. The van der Waals surface area contributed by atoms with Gasteiger partial charge in [0.2, 0.25) is 0 Å². The Bertz CT molecular complexity index is 640. The average molecular weight is 503 g/mol. The van der Waals surface area contributed by atoms with Gasteiger partial charge in [-0.3, -0.25) is 0 Å². The maximum atomic E-state index is 10.6. The first-order chi connectivity index (χ1) is 16.0. The molecule has 0 spiro atoms. The highest BCUT2D eigenvalue weighted by atomic mass is 16.7. The van der Waals surface area contributed by atoms with Crippen LogP contribution in [0.4, 0.5) is 0 Å². The van der Waals surface area contributed by atoms with Crippen molar-refractivity contribution in [1.29, 1.82) is 0 Å². The van der Waals surface area contributed by atoms with Crippen LogP contribution >= 0.6 is 0 Å². The molecule has 0 radical (unpaired) electrons. The van der Waals surface area contributed by atoms with Crippen molar-refractivity contribution in [3.05, 3.63) is 0 Å². The molecule has 34 heavy (non-hydrogen) atoms. The predicted octanol–water partition coefficient (Wildman–Crippen LogP) is -7.61. The molecule has 0 saturated carbocycles. The molecule has 3 aliphatic heterocycles. The van der Waals surface area contributed by atoms with E-state index in [0.717, 1.165) is 0 Å². The Hall–Kier alpha value is -0.640. The van der Waals surface area contributed by atoms with E-state index in [1.54, 1.807) is 0 Å². The zero-order chi connectivity index (χ0) is 25.3. The van der Waals surface area contributed by atoms with E-state index in [1.165, 1.54) is 0 Å². The Labute approximate surface area is 193 Å². The number of rotatable bonds is 7. The Morgan fingerprint density at radius 2 is 1.00 bits per heavy atom. The van der Waals surface area contributed by atoms with E-state index < -0.39 is 112 Å². The molecular formula is C18H33NO15. The molecule has 12 N–H and O–H groups in total. The van der Waals surface area contributed by atoms with Gasteiger partial charge in [0.05, 0.1) is 25.9 Å². The third-order valence-corrected chi connectivity index (χ3v) is 6.17. The predicted molar refractivity (Wildman–Crippen MR) is 103 cm³/mol. The van der Waals surface area contributed by atoms with Crippen molar-refractivity contribution in [1.82, 2.24) is 0 Å². The van der Waals surface area contributed by atoms with Crippen LogP contribution < -0.4 is 5.73 Å². The van der Waals surface area contributed by atoms with Crippen molar-refractivity contribution in [2.75, 3.05) is 19.8 Å². The molecule has 0 aromatic heterocycles. The minimum absolute atomic E-state index is 0.686. The van der Waals surface area contributed by atoms with Gasteiger partial charge in [-0.2, -0.15) is 0 Å². The van der Waals surface area contributed by atoms with Crippen LogP contribution in [0.1, 0.15) is 0 Å². The van der Waals surface area contributed by atoms with E-state index in [2.05, 4.69) is 0 Å². The van der Waals surface area contributed by atoms with Crippen molar-refractivity contribution in [2.45, 2.75) is 92.1 Å². The van der Waals surface area contributed by atoms with E-state index >= 15 is 0 Å². The first kappa shape index (κ1) is 27.9. The SMILES string of the molecule is N[C@H]1[C@@H](O[C@@H]2[C@H](O)[C@@H](O)[C@H](O[C@H]3[C@H](O)[C@@H](O)[C@H](O)O[C@@H]3CO)O[C@@H]2CO)O[C@H](CO)[C@H](O)[C@@H]1O. The molecule has 0 aromatic carbocycles. The molecule has 16 heteroatoms. The largest absolute Gasteiger partial charge is 0.394 e. The molecular weight excluding hydrogens is 470 g/mol. The van der Waals surface area contributed by atoms with Gasteiger partial charge in [-0.15, -0.1) is 0 Å². The lowest BCUT2D eigenvalue weighted by atomic mass is 9.95. The number of hydrogen-bond donors (Lipinski definition) is 11. The van der Waals surface area contributed by atoms with Gasteiger partial charge in [-0.25, -0.2) is 0 Å². The van der Waals surface area contributed by atoms with E-state index in [-0.39, 0.29) is 0 Å². The van der Waals surface area contributed by atoms with Gasteiger partial charge in [0, 0.05) is 0 Å². The second-order valence-electron chi connectivity index (χ2n) is 8.42. The Morgan fingerprint density at radius 1 is 0.529 bits per heavy atom. The average Bonchev–Trinajstić information content (AvgIpc) is 2.83. The van der Waals surface area contributed by atoms with Gasteiger partial charge in [0.15, 0.2) is 18.9 Å². The Balaban J connectivity index is 1.72. The fourth-order valence-electron chi connectivity index (χ4n) is 4.10. The molecule has 0 aliphatic carbocycles. The fraction of sp³-hybridized carbons (Fsp3) is 1.00. The summed E-state index contributed by atoms with van der Waals surface area (Å²) in [6.45, 7) is -2.21. The maximum absolute atomic E-state index is 10.6. The van der Waals surface area contributed by atoms with Gasteiger partial charge >= 0.3 is 0 Å². The zero-order valence-corrected chi connectivity index (χ0v) is 17.9. The van der Waals surface area contributed by atoms with Crippen molar-refractivity contribution in [2.24, 2.45) is 5.73 Å². The van der Waals surface area contributed by atoms with Crippen molar-refractivity contribution >= 4 is 0 Å². The van der Waals surface area contributed by atoms with Crippen molar-refractivity contribution in [3.63, 3.8) is 0 Å². The van der Waals surface area contributed by atoms with Crippen LogP contribution in [0.5, 0.6) is 0 Å². The summed E-state index contributed by atoms with van der Waals surface area (Å²) >= 11 is 0. The number of ether oxygens (including phenoxy) is 5. The van der Waals surface area contributed by atoms with Gasteiger partial charge in [-0.05, 0) is 0 Å². The third kappa shape index (κ3) is 5.37. The summed E-state index contributed by atoms with van der Waals surface area (Å²) in [5, 5.41) is 99.3. The summed E-state index contributed by atoms with van der Waals surface area (Å²) in [5.74, 6) is 0. The normalized spacial score (nSPS) is 52.5. The molecule has 200 valence electrons. The third-order valence-electron chi connectivity index (χ3n) is 6.17. The molecule has 0 bridgehead atoms. The van der Waals surface area contributed by atoms with E-state index in [1.807, 2.05) is 0 Å². The smallest absolute Gasteiger partial charge is 0.187 e. The van der Waals surface area contributed by atoms with Crippen LogP contribution in [0.3, 0.4) is 0 Å². The van der Waals surface area contributed by atoms with Crippen LogP contribution in [-0.2, 0) is 23.7 Å². The first-order valence-corrected chi connectivity index (χ1v) is 10.7. The summed E-state index contributed by atoms with van der Waals surface area (Å²) in [6, 6.07) is -1.33. The van der Waals surface area contributed by atoms with E-state index in [4.69, 9.17) is 29.4 Å². The maximum Gasteiger partial charge on any atom is 0.187 e. The quantitative estimate of drug-likeness (QED) is 0.154. The van der Waals surface area contributed by atoms with Gasteiger partial charge in [0.1, 0.15) is 67.1 Å². The topological polar surface area (TPSA) is 274 Å². The summed E-state index contributed by atoms with van der Waals surface area (Å²) in [7, 11) is 0. The molecule has 15 atom stereocenters. The lowest BCUT2D eigenvalue weighted by Crippen LogP contribution is -2.67. The van der Waals surface area contributed by atoms with Crippen molar-refractivity contribution < 1.29 is 74.7 Å². The van der Waals surface area contributed by atoms with Gasteiger partial charge in [-0.1, -0.05) is 0 Å². The Kier molecular flexibility index (Phi) is 9.54. The fourth-order valence-corrected chi connectivity index (χ4v) is 4.10. The molecule has 3 rings (SSSR count). The highest BCUT2D eigenvalue weighted by Crippen LogP contribution is 2.31. The zero-order valence-electron chi connectivity index (χ0n) is 17.9. The number of hydrogen-bond acceptors (Lipinski definition) is 16. The molecule has 0 aromatic rings. The summed E-state index contributed by atoms with van der Waals surface area (Å²) in [4.78, 5) is 0. The van der Waals surface area contributed by atoms with Crippen LogP contribution in [0, 0.1) is 0 Å². The molecule has 3 saturated heterocycles. The highest BCUT2D eigenvalue weighted by molar-refractivity contribution is 4.96. The van der Waals surface area contributed by atoms with E-state index in [9.17, 15) is 51.1 Å². The van der Waals surface area contributed by atoms with E-state index in [0.29, 0.717) is 0 Å². The lowest BCUT2D eigenvalue weighted by Gasteiger charge is -2.48. The highest BCUT2D eigenvalue weighted by Gasteiger charge is 2.52. The first-order valence-electron chi connectivity index (χ1n) is 10.7. The standard InChI is InChI=1S/C18H33NO15/c19-7-9(24)8(23)4(1-20)31-17(7)33-15-6(3-22)32-18(13(28)11(15)26)34-14-5(2-21)30-16(29)12(27)10(14)25/h4-18,20-29H,1-3,19H2/t4-,5-,6-,7-,8+,9-,10-,11-,12-,13-,14-,15+,16-,17-,18+/m1/s1. The Morgan fingerprint density at radius 3 is 1.56 bits per heavy atom. The lowest BCUT2D eigenvalue weighted by molar-refractivity contribution is -0.371. The molecule has 3 fully saturated rings. The van der Waals surface area contributed by atoms with Crippen LogP contribution in [0.15, 0.2) is 0 Å².